The Morgan fingerprint density at radius 2 is 1.92 bits per heavy atom. The van der Waals surface area contributed by atoms with Gasteiger partial charge in [0.25, 0.3) is 0 Å². The van der Waals surface area contributed by atoms with Crippen LogP contribution in [0.4, 0.5) is 0 Å². The van der Waals surface area contributed by atoms with Gasteiger partial charge in [0.1, 0.15) is 5.75 Å². The van der Waals surface area contributed by atoms with Crippen LogP contribution in [0.2, 0.25) is 10.0 Å². The van der Waals surface area contributed by atoms with Gasteiger partial charge in [-0.3, -0.25) is 4.79 Å². The maximum absolute atomic E-state index is 10.8. The lowest BCUT2D eigenvalue weighted by atomic mass is 10.2. The van der Waals surface area contributed by atoms with Crippen LogP contribution in [0.5, 0.6) is 5.75 Å². The first-order chi connectivity index (χ1) is 5.66. The van der Waals surface area contributed by atoms with Crippen LogP contribution in [0.15, 0.2) is 12.1 Å². The second-order valence-electron chi connectivity index (χ2n) is 2.52. The SMILES string of the molecule is O=C1Cc2cc(Cl)c(Cl)cc2O1. The molecule has 0 saturated carbocycles. The van der Waals surface area contributed by atoms with Crippen LogP contribution in [-0.2, 0) is 11.2 Å². The van der Waals surface area contributed by atoms with Gasteiger partial charge in [0.15, 0.2) is 0 Å². The third-order valence-corrected chi connectivity index (χ3v) is 2.38. The number of hydrogen-bond donors (Lipinski definition) is 0. The zero-order valence-corrected chi connectivity index (χ0v) is 7.45. The summed E-state index contributed by atoms with van der Waals surface area (Å²) < 4.78 is 4.86. The maximum Gasteiger partial charge on any atom is 0.315 e. The Labute approximate surface area is 79.0 Å². The minimum atomic E-state index is -0.261. The van der Waals surface area contributed by atoms with Gasteiger partial charge in [0, 0.05) is 11.6 Å². The molecule has 0 aliphatic carbocycles. The molecule has 0 unspecified atom stereocenters. The molecule has 1 aromatic rings. The number of hydrogen-bond acceptors (Lipinski definition) is 2. The summed E-state index contributed by atoms with van der Waals surface area (Å²) in [5.74, 6) is 0.262. The van der Waals surface area contributed by atoms with E-state index >= 15 is 0 Å². The summed E-state index contributed by atoms with van der Waals surface area (Å²) in [5.41, 5.74) is 0.800. The highest BCUT2D eigenvalue weighted by Crippen LogP contribution is 2.34. The number of ether oxygens (including phenoxy) is 1. The Bertz CT molecular complexity index is 327. The monoisotopic (exact) mass is 202 g/mol. The van der Waals surface area contributed by atoms with E-state index in [1.54, 1.807) is 12.1 Å². The average molecular weight is 203 g/mol. The van der Waals surface area contributed by atoms with Crippen LogP contribution in [0.3, 0.4) is 0 Å². The van der Waals surface area contributed by atoms with Crippen molar-refractivity contribution in [2.45, 2.75) is 6.42 Å². The van der Waals surface area contributed by atoms with Crippen molar-refractivity contribution in [3.63, 3.8) is 0 Å². The summed E-state index contributed by atoms with van der Waals surface area (Å²) >= 11 is 11.5. The van der Waals surface area contributed by atoms with Gasteiger partial charge in [0.2, 0.25) is 0 Å². The second-order valence-corrected chi connectivity index (χ2v) is 3.34. The average Bonchev–Trinajstić information content (AvgIpc) is 2.30. The molecule has 0 radical (unpaired) electrons. The second kappa shape index (κ2) is 2.64. The fourth-order valence-corrected chi connectivity index (χ4v) is 1.46. The number of esters is 1. The largest absolute Gasteiger partial charge is 0.426 e. The van der Waals surface area contributed by atoms with Crippen molar-refractivity contribution >= 4 is 29.2 Å². The van der Waals surface area contributed by atoms with E-state index in [1.165, 1.54) is 0 Å². The fraction of sp³-hybridized carbons (Fsp3) is 0.125. The number of rotatable bonds is 0. The summed E-state index contributed by atoms with van der Waals surface area (Å²) in [7, 11) is 0. The maximum atomic E-state index is 10.8. The molecule has 4 heteroatoms. The molecule has 0 bridgehead atoms. The molecule has 1 aliphatic heterocycles. The van der Waals surface area contributed by atoms with Gasteiger partial charge in [-0.25, -0.2) is 0 Å². The first-order valence-corrected chi connectivity index (χ1v) is 4.11. The Morgan fingerprint density at radius 1 is 1.25 bits per heavy atom. The van der Waals surface area contributed by atoms with Gasteiger partial charge < -0.3 is 4.74 Å². The van der Waals surface area contributed by atoms with Crippen molar-refractivity contribution in [3.05, 3.63) is 27.7 Å². The van der Waals surface area contributed by atoms with E-state index in [2.05, 4.69) is 0 Å². The highest BCUT2D eigenvalue weighted by molar-refractivity contribution is 6.42. The van der Waals surface area contributed by atoms with E-state index in [-0.39, 0.29) is 12.4 Å². The molecule has 0 amide bonds. The van der Waals surface area contributed by atoms with Gasteiger partial charge in [-0.1, -0.05) is 23.2 Å². The fourth-order valence-electron chi connectivity index (χ4n) is 1.12. The normalized spacial score (nSPS) is 14.3. The van der Waals surface area contributed by atoms with E-state index in [1.807, 2.05) is 0 Å². The molecule has 0 fully saturated rings. The molecule has 0 atom stereocenters. The third-order valence-electron chi connectivity index (χ3n) is 1.66. The standard InChI is InChI=1S/C8H4Cl2O2/c9-5-1-4-2-8(11)12-7(4)3-6(5)10/h1,3H,2H2. The summed E-state index contributed by atoms with van der Waals surface area (Å²) in [6.45, 7) is 0. The quantitative estimate of drug-likeness (QED) is 0.478. The van der Waals surface area contributed by atoms with Gasteiger partial charge in [-0.2, -0.15) is 0 Å². The highest BCUT2D eigenvalue weighted by atomic mass is 35.5. The van der Waals surface area contributed by atoms with Crippen LogP contribution in [0, 0.1) is 0 Å². The Kier molecular flexibility index (Phi) is 1.74. The molecule has 1 aromatic carbocycles. The lowest BCUT2D eigenvalue weighted by molar-refractivity contribution is -0.131. The van der Waals surface area contributed by atoms with Crippen LogP contribution >= 0.6 is 23.2 Å². The van der Waals surface area contributed by atoms with Crippen LogP contribution in [-0.4, -0.2) is 5.97 Å². The molecule has 62 valence electrons. The van der Waals surface area contributed by atoms with Gasteiger partial charge >= 0.3 is 5.97 Å². The molecule has 12 heavy (non-hydrogen) atoms. The van der Waals surface area contributed by atoms with Crippen LogP contribution < -0.4 is 4.74 Å². The first kappa shape index (κ1) is 7.90. The number of carbonyl (C=O) groups is 1. The van der Waals surface area contributed by atoms with E-state index < -0.39 is 0 Å². The molecule has 0 aromatic heterocycles. The molecule has 2 rings (SSSR count). The van der Waals surface area contributed by atoms with E-state index in [0.29, 0.717) is 15.8 Å². The molecule has 0 spiro atoms. The number of benzene rings is 1. The first-order valence-electron chi connectivity index (χ1n) is 3.35. The van der Waals surface area contributed by atoms with Crippen molar-refractivity contribution in [2.24, 2.45) is 0 Å². The number of halogens is 2. The van der Waals surface area contributed by atoms with Gasteiger partial charge in [0.05, 0.1) is 16.5 Å². The molecular formula is C8H4Cl2O2. The Hall–Kier alpha value is -0.730. The topological polar surface area (TPSA) is 26.3 Å². The minimum Gasteiger partial charge on any atom is -0.426 e. The van der Waals surface area contributed by atoms with Crippen molar-refractivity contribution < 1.29 is 9.53 Å². The summed E-state index contributed by atoms with van der Waals surface area (Å²) in [6.07, 6.45) is 0.284. The highest BCUT2D eigenvalue weighted by Gasteiger charge is 2.21. The zero-order valence-electron chi connectivity index (χ0n) is 5.93. The molecule has 0 saturated heterocycles. The third kappa shape index (κ3) is 1.17. The van der Waals surface area contributed by atoms with Gasteiger partial charge in [-0.15, -0.1) is 0 Å². The smallest absolute Gasteiger partial charge is 0.315 e. The molecule has 1 aliphatic rings. The predicted molar refractivity (Wildman–Crippen MR) is 45.8 cm³/mol. The Morgan fingerprint density at radius 3 is 2.67 bits per heavy atom. The van der Waals surface area contributed by atoms with Crippen LogP contribution in [0.1, 0.15) is 5.56 Å². The van der Waals surface area contributed by atoms with E-state index in [9.17, 15) is 4.79 Å². The minimum absolute atomic E-state index is 0.261. The number of carbonyl (C=O) groups excluding carboxylic acids is 1. The van der Waals surface area contributed by atoms with E-state index in [4.69, 9.17) is 27.9 Å². The van der Waals surface area contributed by atoms with Crippen molar-refractivity contribution in [1.82, 2.24) is 0 Å². The summed E-state index contributed by atoms with van der Waals surface area (Å²) in [4.78, 5) is 10.8. The molecule has 1 heterocycles. The summed E-state index contributed by atoms with van der Waals surface area (Å²) in [6, 6.07) is 3.22. The Balaban J connectivity index is 2.55. The lowest BCUT2D eigenvalue weighted by Gasteiger charge is -1.98. The van der Waals surface area contributed by atoms with Crippen LogP contribution in [0.25, 0.3) is 0 Å². The molecular weight excluding hydrogens is 199 g/mol. The predicted octanol–water partition coefficient (Wildman–Crippen LogP) is 2.45. The van der Waals surface area contributed by atoms with Gasteiger partial charge in [-0.05, 0) is 6.07 Å². The van der Waals surface area contributed by atoms with Crippen molar-refractivity contribution in [2.75, 3.05) is 0 Å². The van der Waals surface area contributed by atoms with Crippen molar-refractivity contribution in [1.29, 1.82) is 0 Å². The molecule has 2 nitrogen and oxygen atoms in total. The van der Waals surface area contributed by atoms with Crippen molar-refractivity contribution in [3.8, 4) is 5.75 Å². The number of fused-ring (bicyclic) bond motifs is 1. The zero-order chi connectivity index (χ0) is 8.72. The van der Waals surface area contributed by atoms with E-state index in [0.717, 1.165) is 5.56 Å². The lowest BCUT2D eigenvalue weighted by Crippen LogP contribution is -2.00. The summed E-state index contributed by atoms with van der Waals surface area (Å²) in [5, 5.41) is 0.860. The molecule has 0 N–H and O–H groups in total.